The van der Waals surface area contributed by atoms with Crippen LogP contribution in [0.3, 0.4) is 0 Å². The van der Waals surface area contributed by atoms with Crippen LogP contribution < -0.4 is 19.5 Å². The van der Waals surface area contributed by atoms with Gasteiger partial charge in [-0.3, -0.25) is 0 Å². The highest BCUT2D eigenvalue weighted by Gasteiger charge is 2.14. The van der Waals surface area contributed by atoms with Crippen LogP contribution in [0.4, 0.5) is 10.5 Å². The van der Waals surface area contributed by atoms with Crippen LogP contribution in [0.2, 0.25) is 0 Å². The van der Waals surface area contributed by atoms with Gasteiger partial charge in [-0.1, -0.05) is 74.7 Å². The average Bonchev–Trinajstić information content (AvgIpc) is 2.78. The number of carbonyl (C=O) groups excluding carboxylic acids is 1. The first-order chi connectivity index (χ1) is 14.6. The van der Waals surface area contributed by atoms with Gasteiger partial charge in [0.1, 0.15) is 11.5 Å². The van der Waals surface area contributed by atoms with E-state index in [0.29, 0.717) is 11.4 Å². The van der Waals surface area contributed by atoms with Crippen molar-refractivity contribution in [1.29, 1.82) is 0 Å². The maximum absolute atomic E-state index is 11.4. The molecular weight excluding hydrogens is 396 g/mol. The number of nitrogens with two attached hydrogens (primary N) is 1. The first-order valence-corrected chi connectivity index (χ1v) is 10.3. The molecule has 5 nitrogen and oxygen atoms in total. The van der Waals surface area contributed by atoms with Gasteiger partial charge in [0.2, 0.25) is 6.29 Å². The number of hydrogen-bond acceptors (Lipinski definition) is 4. The number of carbonyl (C=O) groups is 1. The van der Waals surface area contributed by atoms with E-state index in [-0.39, 0.29) is 0 Å². The Kier molecular flexibility index (Phi) is 7.63. The number of unbranched alkanes of at least 4 members (excludes halogenated alkanes) is 1. The van der Waals surface area contributed by atoms with E-state index in [0.717, 1.165) is 40.4 Å². The molecular formula is C24H26N2O3S. The fourth-order valence-corrected chi connectivity index (χ4v) is 3.11. The predicted molar refractivity (Wildman–Crippen MR) is 124 cm³/mol. The second kappa shape index (κ2) is 10.6. The zero-order chi connectivity index (χ0) is 21.3. The minimum absolute atomic E-state index is 0.454. The maximum atomic E-state index is 11.4. The number of urea groups is 1. The van der Waals surface area contributed by atoms with E-state index in [9.17, 15) is 4.79 Å². The molecule has 0 bridgehead atoms. The SMILES string of the molecule is CCCCC(Oc1ccc(-c2ccccc2)cc1)Oc1cccc(N(S)C(N)=O)c1. The molecule has 3 aromatic rings. The highest BCUT2D eigenvalue weighted by Crippen LogP contribution is 2.26. The zero-order valence-corrected chi connectivity index (χ0v) is 17.8. The lowest BCUT2D eigenvalue weighted by molar-refractivity contribution is -0.00206. The second-order valence-corrected chi connectivity index (χ2v) is 7.25. The van der Waals surface area contributed by atoms with E-state index in [1.807, 2.05) is 48.5 Å². The Labute approximate surface area is 183 Å². The van der Waals surface area contributed by atoms with Crippen molar-refractivity contribution in [2.24, 2.45) is 5.73 Å². The summed E-state index contributed by atoms with van der Waals surface area (Å²) in [7, 11) is 0. The van der Waals surface area contributed by atoms with Crippen LogP contribution in [0.25, 0.3) is 11.1 Å². The number of anilines is 1. The van der Waals surface area contributed by atoms with Gasteiger partial charge in [0.25, 0.3) is 0 Å². The summed E-state index contributed by atoms with van der Waals surface area (Å²) in [6.07, 6.45) is 2.28. The maximum Gasteiger partial charge on any atom is 0.329 e. The van der Waals surface area contributed by atoms with Crippen molar-refractivity contribution in [3.63, 3.8) is 0 Å². The summed E-state index contributed by atoms with van der Waals surface area (Å²) in [4.78, 5) is 11.4. The summed E-state index contributed by atoms with van der Waals surface area (Å²) >= 11 is 4.10. The fraction of sp³-hybridized carbons (Fsp3) is 0.208. The number of hydrogen-bond donors (Lipinski definition) is 2. The Morgan fingerprint density at radius 2 is 1.60 bits per heavy atom. The number of primary amides is 1. The molecule has 0 radical (unpaired) electrons. The van der Waals surface area contributed by atoms with E-state index in [4.69, 9.17) is 15.2 Å². The summed E-state index contributed by atoms with van der Waals surface area (Å²) in [5.41, 5.74) is 8.10. The molecule has 2 amide bonds. The molecule has 0 saturated heterocycles. The molecule has 0 heterocycles. The Morgan fingerprint density at radius 1 is 0.933 bits per heavy atom. The Morgan fingerprint density at radius 3 is 2.27 bits per heavy atom. The topological polar surface area (TPSA) is 64.8 Å². The van der Waals surface area contributed by atoms with Crippen molar-refractivity contribution in [2.75, 3.05) is 4.31 Å². The molecule has 6 heteroatoms. The van der Waals surface area contributed by atoms with Gasteiger partial charge in [0.05, 0.1) is 5.69 Å². The van der Waals surface area contributed by atoms with E-state index >= 15 is 0 Å². The summed E-state index contributed by atoms with van der Waals surface area (Å²) < 4.78 is 13.3. The highest BCUT2D eigenvalue weighted by atomic mass is 32.1. The summed E-state index contributed by atoms with van der Waals surface area (Å²) in [5, 5.41) is 0. The quantitative estimate of drug-likeness (QED) is 0.325. The van der Waals surface area contributed by atoms with Gasteiger partial charge in [-0.15, -0.1) is 0 Å². The molecule has 3 aromatic carbocycles. The lowest BCUT2D eigenvalue weighted by Crippen LogP contribution is -2.27. The molecule has 0 aliphatic rings. The Hall–Kier alpha value is -3.12. The van der Waals surface area contributed by atoms with Crippen LogP contribution in [-0.2, 0) is 0 Å². The minimum Gasteiger partial charge on any atom is -0.455 e. The lowest BCUT2D eigenvalue weighted by atomic mass is 10.1. The normalized spacial score (nSPS) is 11.5. The van der Waals surface area contributed by atoms with Crippen molar-refractivity contribution in [3.8, 4) is 22.6 Å². The highest BCUT2D eigenvalue weighted by molar-refractivity contribution is 7.82. The van der Waals surface area contributed by atoms with Crippen LogP contribution >= 0.6 is 12.8 Å². The summed E-state index contributed by atoms with van der Waals surface area (Å²) in [6.45, 7) is 2.12. The molecule has 30 heavy (non-hydrogen) atoms. The number of ether oxygens (including phenoxy) is 2. The third kappa shape index (κ3) is 5.94. The van der Waals surface area contributed by atoms with Crippen LogP contribution in [0.5, 0.6) is 11.5 Å². The monoisotopic (exact) mass is 422 g/mol. The molecule has 0 fully saturated rings. The molecule has 156 valence electrons. The summed E-state index contributed by atoms with van der Waals surface area (Å²) in [6, 6.07) is 24.5. The molecule has 1 atom stereocenters. The largest absolute Gasteiger partial charge is 0.455 e. The van der Waals surface area contributed by atoms with Crippen molar-refractivity contribution in [3.05, 3.63) is 78.9 Å². The summed E-state index contributed by atoms with van der Waals surface area (Å²) in [5.74, 6) is 1.31. The minimum atomic E-state index is -0.659. The number of amides is 2. The zero-order valence-electron chi connectivity index (χ0n) is 16.9. The molecule has 1 unspecified atom stereocenters. The Balaban J connectivity index is 1.72. The van der Waals surface area contributed by atoms with Gasteiger partial charge in [-0.2, -0.15) is 0 Å². The van der Waals surface area contributed by atoms with E-state index in [1.165, 1.54) is 0 Å². The predicted octanol–water partition coefficient (Wildman–Crippen LogP) is 6.06. The van der Waals surface area contributed by atoms with Gasteiger partial charge in [0.15, 0.2) is 0 Å². The van der Waals surface area contributed by atoms with Gasteiger partial charge >= 0.3 is 6.03 Å². The molecule has 0 aliphatic carbocycles. The van der Waals surface area contributed by atoms with E-state index < -0.39 is 12.3 Å². The third-order valence-corrected chi connectivity index (χ3v) is 4.99. The second-order valence-electron chi connectivity index (χ2n) is 6.85. The standard InChI is InChI=1S/C24H26N2O3S/c1-2-3-12-23(29-22-11-7-10-20(17-22)26(30)24(25)27)28-21-15-13-19(14-16-21)18-8-5-4-6-9-18/h4-11,13-17,23,30H,2-3,12H2,1H3,(H2,25,27). The molecule has 0 aliphatic heterocycles. The molecule has 2 N–H and O–H groups in total. The van der Waals surface area contributed by atoms with Gasteiger partial charge in [-0.05, 0) is 41.8 Å². The third-order valence-electron chi connectivity index (χ3n) is 4.56. The van der Waals surface area contributed by atoms with Gasteiger partial charge < -0.3 is 15.2 Å². The lowest BCUT2D eigenvalue weighted by Gasteiger charge is -2.21. The average molecular weight is 423 g/mol. The van der Waals surface area contributed by atoms with Crippen molar-refractivity contribution in [1.82, 2.24) is 0 Å². The van der Waals surface area contributed by atoms with Crippen LogP contribution in [0.1, 0.15) is 26.2 Å². The molecule has 0 saturated carbocycles. The van der Waals surface area contributed by atoms with Crippen molar-refractivity contribution >= 4 is 24.5 Å². The molecule has 3 rings (SSSR count). The number of benzene rings is 3. The van der Waals surface area contributed by atoms with Crippen molar-refractivity contribution in [2.45, 2.75) is 32.5 Å². The first kappa shape index (κ1) is 21.6. The van der Waals surface area contributed by atoms with Crippen LogP contribution in [0.15, 0.2) is 78.9 Å². The number of thiol groups is 1. The smallest absolute Gasteiger partial charge is 0.329 e. The number of nitrogens with zero attached hydrogens (tertiary/aromatic N) is 1. The van der Waals surface area contributed by atoms with Crippen LogP contribution in [-0.4, -0.2) is 12.3 Å². The first-order valence-electron chi connectivity index (χ1n) is 9.94. The number of rotatable bonds is 9. The van der Waals surface area contributed by atoms with Crippen LogP contribution in [0, 0.1) is 0 Å². The van der Waals surface area contributed by atoms with E-state index in [1.54, 1.807) is 18.2 Å². The van der Waals surface area contributed by atoms with E-state index in [2.05, 4.69) is 31.9 Å². The fourth-order valence-electron chi connectivity index (χ4n) is 2.99. The molecule has 0 spiro atoms. The van der Waals surface area contributed by atoms with Crippen molar-refractivity contribution < 1.29 is 14.3 Å². The van der Waals surface area contributed by atoms with Gasteiger partial charge in [0, 0.05) is 12.5 Å². The Bertz CT molecular complexity index is 948. The van der Waals surface area contributed by atoms with Gasteiger partial charge in [-0.25, -0.2) is 9.10 Å². The molecule has 0 aromatic heterocycles.